The first-order valence-electron chi connectivity index (χ1n) is 7.14. The number of nitrogens with one attached hydrogen (secondary N) is 1. The number of halogens is 1. The van der Waals surface area contributed by atoms with Gasteiger partial charge in [0.25, 0.3) is 0 Å². The molecule has 1 aliphatic rings. The van der Waals surface area contributed by atoms with E-state index in [-0.39, 0.29) is 12.3 Å². The van der Waals surface area contributed by atoms with E-state index < -0.39 is 17.9 Å². The molecule has 7 nitrogen and oxygen atoms in total. The van der Waals surface area contributed by atoms with Crippen LogP contribution in [-0.2, 0) is 19.1 Å². The predicted molar refractivity (Wildman–Crippen MR) is 85.2 cm³/mol. The molecular formula is C15H18ClN3O4. The Morgan fingerprint density at radius 1 is 1.35 bits per heavy atom. The number of rotatable bonds is 7. The van der Waals surface area contributed by atoms with Crippen molar-refractivity contribution in [1.82, 2.24) is 4.98 Å². The highest BCUT2D eigenvalue weighted by molar-refractivity contribution is 6.30. The van der Waals surface area contributed by atoms with Crippen LogP contribution in [0.2, 0.25) is 5.02 Å². The third-order valence-corrected chi connectivity index (χ3v) is 3.70. The monoisotopic (exact) mass is 339 g/mol. The van der Waals surface area contributed by atoms with Crippen LogP contribution in [0.25, 0.3) is 0 Å². The fourth-order valence-electron chi connectivity index (χ4n) is 2.05. The zero-order chi connectivity index (χ0) is 16.8. The standard InChI is InChI=1S/C15H18ClN3O4/c1-22-14(20)11(15(21)23-2)7-12(9-3-4-9)18-19-13-6-5-10(16)8-17-13/h5-6,8-9,11H,3-4,7H2,1-2H3,(H,17,19)/b18-12+. The van der Waals surface area contributed by atoms with E-state index in [0.717, 1.165) is 18.6 Å². The molecule has 0 unspecified atom stereocenters. The maximum atomic E-state index is 11.8. The number of pyridine rings is 1. The first-order chi connectivity index (χ1) is 11.0. The average molecular weight is 340 g/mol. The molecular weight excluding hydrogens is 322 g/mol. The van der Waals surface area contributed by atoms with Crippen LogP contribution < -0.4 is 5.43 Å². The Bertz CT molecular complexity index is 583. The van der Waals surface area contributed by atoms with Crippen LogP contribution in [0.5, 0.6) is 0 Å². The lowest BCUT2D eigenvalue weighted by atomic mass is 10.00. The summed E-state index contributed by atoms with van der Waals surface area (Å²) in [5, 5.41) is 4.83. The van der Waals surface area contributed by atoms with Gasteiger partial charge in [-0.15, -0.1) is 0 Å². The molecule has 23 heavy (non-hydrogen) atoms. The number of esters is 2. The van der Waals surface area contributed by atoms with E-state index in [1.165, 1.54) is 20.4 Å². The van der Waals surface area contributed by atoms with Crippen molar-refractivity contribution in [2.45, 2.75) is 19.3 Å². The summed E-state index contributed by atoms with van der Waals surface area (Å²) in [6.45, 7) is 0. The highest BCUT2D eigenvalue weighted by atomic mass is 35.5. The number of carbonyl (C=O) groups is 2. The summed E-state index contributed by atoms with van der Waals surface area (Å²) >= 11 is 5.78. The van der Waals surface area contributed by atoms with E-state index in [9.17, 15) is 9.59 Å². The first kappa shape index (κ1) is 17.2. The van der Waals surface area contributed by atoms with E-state index in [2.05, 4.69) is 25.0 Å². The molecule has 2 rings (SSSR count). The number of hydrazone groups is 1. The number of nitrogens with zero attached hydrogens (tertiary/aromatic N) is 2. The topological polar surface area (TPSA) is 89.9 Å². The van der Waals surface area contributed by atoms with E-state index in [1.807, 2.05) is 0 Å². The van der Waals surface area contributed by atoms with Gasteiger partial charge in [-0.25, -0.2) is 4.98 Å². The molecule has 0 aromatic carbocycles. The van der Waals surface area contributed by atoms with Crippen molar-refractivity contribution in [1.29, 1.82) is 0 Å². The quantitative estimate of drug-likeness (QED) is 0.355. The highest BCUT2D eigenvalue weighted by Gasteiger charge is 2.36. The van der Waals surface area contributed by atoms with Crippen molar-refractivity contribution < 1.29 is 19.1 Å². The Morgan fingerprint density at radius 3 is 2.48 bits per heavy atom. The van der Waals surface area contributed by atoms with Crippen LogP contribution in [0.1, 0.15) is 19.3 Å². The maximum Gasteiger partial charge on any atom is 0.320 e. The number of methoxy groups -OCH3 is 2. The SMILES string of the molecule is COC(=O)C(C/C(=N\Nc1ccc(Cl)cn1)C1CC1)C(=O)OC. The predicted octanol–water partition coefficient (Wildman–Crippen LogP) is 2.27. The molecule has 0 radical (unpaired) electrons. The summed E-state index contributed by atoms with van der Waals surface area (Å²) in [4.78, 5) is 27.6. The fourth-order valence-corrected chi connectivity index (χ4v) is 2.16. The first-order valence-corrected chi connectivity index (χ1v) is 7.52. The zero-order valence-electron chi connectivity index (χ0n) is 12.9. The van der Waals surface area contributed by atoms with Crippen LogP contribution in [0.15, 0.2) is 23.4 Å². The summed E-state index contributed by atoms with van der Waals surface area (Å²) in [5.74, 6) is -1.49. The minimum absolute atomic E-state index is 0.157. The number of carbonyl (C=O) groups excluding carboxylic acids is 2. The second-order valence-electron chi connectivity index (χ2n) is 5.15. The Morgan fingerprint density at radius 2 is 2.00 bits per heavy atom. The minimum atomic E-state index is -1.01. The number of aromatic nitrogens is 1. The lowest BCUT2D eigenvalue weighted by Gasteiger charge is -2.14. The van der Waals surface area contributed by atoms with Crippen LogP contribution in [0, 0.1) is 11.8 Å². The van der Waals surface area contributed by atoms with Gasteiger partial charge in [-0.3, -0.25) is 15.0 Å². The molecule has 1 fully saturated rings. The molecule has 0 amide bonds. The van der Waals surface area contributed by atoms with Crippen molar-refractivity contribution in [2.75, 3.05) is 19.6 Å². The van der Waals surface area contributed by atoms with Gasteiger partial charge in [-0.2, -0.15) is 5.10 Å². The summed E-state index contributed by atoms with van der Waals surface area (Å²) in [6, 6.07) is 3.38. The van der Waals surface area contributed by atoms with E-state index in [1.54, 1.807) is 12.1 Å². The Hall–Kier alpha value is -2.15. The van der Waals surface area contributed by atoms with Gasteiger partial charge in [0, 0.05) is 18.3 Å². The lowest BCUT2D eigenvalue weighted by Crippen LogP contribution is -2.29. The summed E-state index contributed by atoms with van der Waals surface area (Å²) < 4.78 is 9.34. The smallest absolute Gasteiger partial charge is 0.320 e. The summed E-state index contributed by atoms with van der Waals surface area (Å²) in [7, 11) is 2.48. The summed E-state index contributed by atoms with van der Waals surface area (Å²) in [6.07, 6.45) is 3.61. The Kier molecular flexibility index (Phi) is 5.92. The molecule has 1 aliphatic carbocycles. The third-order valence-electron chi connectivity index (χ3n) is 3.47. The van der Waals surface area contributed by atoms with Gasteiger partial charge in [-0.05, 0) is 30.9 Å². The van der Waals surface area contributed by atoms with Crippen LogP contribution in [0.3, 0.4) is 0 Å². The van der Waals surface area contributed by atoms with E-state index in [4.69, 9.17) is 11.6 Å². The molecule has 1 heterocycles. The number of ether oxygens (including phenoxy) is 2. The second kappa shape index (κ2) is 7.92. The van der Waals surface area contributed by atoms with E-state index in [0.29, 0.717) is 10.8 Å². The zero-order valence-corrected chi connectivity index (χ0v) is 13.7. The number of anilines is 1. The molecule has 0 saturated heterocycles. The van der Waals surface area contributed by atoms with Crippen molar-refractivity contribution in [3.05, 3.63) is 23.4 Å². The Labute approximate surface area is 139 Å². The van der Waals surface area contributed by atoms with E-state index >= 15 is 0 Å². The van der Waals surface area contributed by atoms with Gasteiger partial charge in [0.2, 0.25) is 0 Å². The molecule has 1 N–H and O–H groups in total. The molecule has 1 aromatic heterocycles. The van der Waals surface area contributed by atoms with Gasteiger partial charge in [0.1, 0.15) is 5.82 Å². The molecule has 1 aromatic rings. The minimum Gasteiger partial charge on any atom is -0.468 e. The third kappa shape index (κ3) is 4.92. The van der Waals surface area contributed by atoms with Crippen molar-refractivity contribution in [2.24, 2.45) is 16.9 Å². The van der Waals surface area contributed by atoms with Gasteiger partial charge in [0.05, 0.1) is 19.2 Å². The van der Waals surface area contributed by atoms with Crippen molar-refractivity contribution in [3.8, 4) is 0 Å². The van der Waals surface area contributed by atoms with Gasteiger partial charge < -0.3 is 9.47 Å². The molecule has 0 aliphatic heterocycles. The summed E-state index contributed by atoms with van der Waals surface area (Å²) in [5.41, 5.74) is 3.55. The van der Waals surface area contributed by atoms with Gasteiger partial charge >= 0.3 is 11.9 Å². The van der Waals surface area contributed by atoms with Crippen LogP contribution >= 0.6 is 11.6 Å². The number of hydrogen-bond donors (Lipinski definition) is 1. The molecule has 0 spiro atoms. The maximum absolute atomic E-state index is 11.8. The molecule has 124 valence electrons. The molecule has 1 saturated carbocycles. The van der Waals surface area contributed by atoms with Gasteiger partial charge in [0.15, 0.2) is 5.92 Å². The van der Waals surface area contributed by atoms with Crippen LogP contribution in [-0.4, -0.2) is 36.9 Å². The lowest BCUT2D eigenvalue weighted by molar-refractivity contribution is -0.158. The van der Waals surface area contributed by atoms with Crippen molar-refractivity contribution in [3.63, 3.8) is 0 Å². The number of hydrogen-bond acceptors (Lipinski definition) is 7. The average Bonchev–Trinajstić information content (AvgIpc) is 3.40. The molecule has 0 bridgehead atoms. The second-order valence-corrected chi connectivity index (χ2v) is 5.59. The van der Waals surface area contributed by atoms with Crippen molar-refractivity contribution >= 4 is 35.1 Å². The normalized spacial score (nSPS) is 14.5. The van der Waals surface area contributed by atoms with Crippen LogP contribution in [0.4, 0.5) is 5.82 Å². The molecule has 0 atom stereocenters. The van der Waals surface area contributed by atoms with Gasteiger partial charge in [-0.1, -0.05) is 11.6 Å². The highest BCUT2D eigenvalue weighted by Crippen LogP contribution is 2.33. The Balaban J connectivity index is 2.10. The largest absolute Gasteiger partial charge is 0.468 e. The molecule has 8 heteroatoms. The fraction of sp³-hybridized carbons (Fsp3) is 0.467.